The van der Waals surface area contributed by atoms with Crippen molar-refractivity contribution in [2.45, 2.75) is 31.2 Å². The Morgan fingerprint density at radius 3 is 2.79 bits per heavy atom. The molecule has 102 valence electrons. The van der Waals surface area contributed by atoms with Gasteiger partial charge in [-0.05, 0) is 30.5 Å². The van der Waals surface area contributed by atoms with Crippen LogP contribution in [0.15, 0.2) is 18.2 Å². The lowest BCUT2D eigenvalue weighted by atomic mass is 9.73. The lowest BCUT2D eigenvalue weighted by Gasteiger charge is -2.43. The molecule has 2 aliphatic rings. The van der Waals surface area contributed by atoms with Gasteiger partial charge in [-0.1, -0.05) is 12.1 Å². The van der Waals surface area contributed by atoms with E-state index in [1.807, 2.05) is 14.0 Å². The molecule has 1 aromatic rings. The highest BCUT2D eigenvalue weighted by molar-refractivity contribution is 6.00. The van der Waals surface area contributed by atoms with E-state index in [1.165, 1.54) is 5.56 Å². The lowest BCUT2D eigenvalue weighted by Crippen LogP contribution is -2.49. The first-order chi connectivity index (χ1) is 9.02. The van der Waals surface area contributed by atoms with Crippen molar-refractivity contribution in [3.05, 3.63) is 29.3 Å². The molecule has 0 radical (unpaired) electrons. The zero-order valence-electron chi connectivity index (χ0n) is 11.5. The molecule has 0 spiro atoms. The van der Waals surface area contributed by atoms with Crippen LogP contribution in [0.4, 0.5) is 5.69 Å². The van der Waals surface area contributed by atoms with Crippen molar-refractivity contribution >= 4 is 11.6 Å². The predicted molar refractivity (Wildman–Crippen MR) is 74.3 cm³/mol. The van der Waals surface area contributed by atoms with Crippen LogP contribution in [0, 0.1) is 0 Å². The molecular formula is C15H20N2O2. The molecule has 0 aliphatic carbocycles. The smallest absolute Gasteiger partial charge is 0.231 e. The first-order valence-corrected chi connectivity index (χ1v) is 6.75. The maximum atomic E-state index is 11.7. The molecule has 1 saturated heterocycles. The van der Waals surface area contributed by atoms with Crippen molar-refractivity contribution in [1.29, 1.82) is 0 Å². The number of carbonyl (C=O) groups excluding carboxylic acids is 1. The van der Waals surface area contributed by atoms with E-state index in [0.717, 1.165) is 30.9 Å². The summed E-state index contributed by atoms with van der Waals surface area (Å²) in [4.78, 5) is 13.5. The van der Waals surface area contributed by atoms with Gasteiger partial charge < -0.3 is 15.4 Å². The molecule has 2 heterocycles. The number of nitrogens with zero attached hydrogens (tertiary/aromatic N) is 1. The Morgan fingerprint density at radius 2 is 2.21 bits per heavy atom. The summed E-state index contributed by atoms with van der Waals surface area (Å²) in [5, 5.41) is 0. The molecule has 1 aromatic carbocycles. The Bertz CT molecular complexity index is 521. The summed E-state index contributed by atoms with van der Waals surface area (Å²) in [5.74, 6) is 0.165. The minimum Gasteiger partial charge on any atom is -0.379 e. The van der Waals surface area contributed by atoms with Gasteiger partial charge in [0.05, 0.1) is 19.6 Å². The maximum Gasteiger partial charge on any atom is 0.231 e. The Morgan fingerprint density at radius 1 is 1.47 bits per heavy atom. The van der Waals surface area contributed by atoms with E-state index in [-0.39, 0.29) is 17.4 Å². The van der Waals surface area contributed by atoms with Crippen LogP contribution in [-0.2, 0) is 21.4 Å². The molecule has 1 unspecified atom stereocenters. The van der Waals surface area contributed by atoms with Crippen molar-refractivity contribution in [2.75, 3.05) is 25.2 Å². The van der Waals surface area contributed by atoms with Gasteiger partial charge in [-0.25, -0.2) is 0 Å². The van der Waals surface area contributed by atoms with E-state index < -0.39 is 0 Å². The zero-order valence-corrected chi connectivity index (χ0v) is 11.5. The van der Waals surface area contributed by atoms with Gasteiger partial charge in [0.1, 0.15) is 0 Å². The number of ether oxygens (including phenoxy) is 1. The number of amides is 1. The lowest BCUT2D eigenvalue weighted by molar-refractivity contribution is -0.117. The van der Waals surface area contributed by atoms with Crippen LogP contribution in [-0.4, -0.2) is 32.2 Å². The summed E-state index contributed by atoms with van der Waals surface area (Å²) in [7, 11) is 1.83. The average molecular weight is 260 g/mol. The van der Waals surface area contributed by atoms with Crippen LogP contribution in [0.2, 0.25) is 0 Å². The zero-order chi connectivity index (χ0) is 13.6. The van der Waals surface area contributed by atoms with Crippen molar-refractivity contribution < 1.29 is 9.53 Å². The predicted octanol–water partition coefficient (Wildman–Crippen LogP) is 1.21. The number of hydrogen-bond donors (Lipinski definition) is 1. The molecule has 0 aromatic heterocycles. The van der Waals surface area contributed by atoms with E-state index in [1.54, 1.807) is 4.90 Å². The second-order valence-corrected chi connectivity index (χ2v) is 5.93. The fourth-order valence-corrected chi connectivity index (χ4v) is 3.17. The fraction of sp³-hybridized carbons (Fsp3) is 0.533. The first-order valence-electron chi connectivity index (χ1n) is 6.75. The van der Waals surface area contributed by atoms with E-state index in [2.05, 4.69) is 18.2 Å². The van der Waals surface area contributed by atoms with Gasteiger partial charge in [-0.15, -0.1) is 0 Å². The molecule has 4 nitrogen and oxygen atoms in total. The summed E-state index contributed by atoms with van der Waals surface area (Å²) < 4.78 is 5.42. The van der Waals surface area contributed by atoms with Gasteiger partial charge in [0.25, 0.3) is 0 Å². The van der Waals surface area contributed by atoms with Gasteiger partial charge in [0.15, 0.2) is 0 Å². The van der Waals surface area contributed by atoms with Crippen LogP contribution in [0.3, 0.4) is 0 Å². The van der Waals surface area contributed by atoms with Crippen molar-refractivity contribution in [3.8, 4) is 0 Å². The molecule has 1 fully saturated rings. The Labute approximate surface area is 113 Å². The Kier molecular flexibility index (Phi) is 2.87. The summed E-state index contributed by atoms with van der Waals surface area (Å²) in [5.41, 5.74) is 9.43. The Hall–Kier alpha value is -1.39. The highest BCUT2D eigenvalue weighted by atomic mass is 16.5. The normalized spacial score (nSPS) is 22.1. The van der Waals surface area contributed by atoms with Crippen molar-refractivity contribution in [2.24, 2.45) is 5.73 Å². The summed E-state index contributed by atoms with van der Waals surface area (Å²) in [6.45, 7) is 3.50. The number of anilines is 1. The maximum absolute atomic E-state index is 11.7. The summed E-state index contributed by atoms with van der Waals surface area (Å²) >= 11 is 0. The topological polar surface area (TPSA) is 55.6 Å². The highest BCUT2D eigenvalue weighted by Gasteiger charge is 2.41. The van der Waals surface area contributed by atoms with Crippen LogP contribution in [0.1, 0.15) is 24.5 Å². The third-order valence-corrected chi connectivity index (χ3v) is 4.24. The average Bonchev–Trinajstić information content (AvgIpc) is 2.59. The highest BCUT2D eigenvalue weighted by Crippen LogP contribution is 2.39. The second-order valence-electron chi connectivity index (χ2n) is 5.93. The number of carbonyl (C=O) groups is 1. The molecule has 4 heteroatoms. The number of likely N-dealkylation sites (N-methyl/N-ethyl adjacent to an activating group) is 1. The van der Waals surface area contributed by atoms with E-state index >= 15 is 0 Å². The molecular weight excluding hydrogens is 240 g/mol. The number of nitrogens with two attached hydrogens (primary N) is 1. The quantitative estimate of drug-likeness (QED) is 0.888. The van der Waals surface area contributed by atoms with E-state index in [0.29, 0.717) is 6.42 Å². The molecule has 0 saturated carbocycles. The van der Waals surface area contributed by atoms with Gasteiger partial charge in [-0.2, -0.15) is 0 Å². The third kappa shape index (κ3) is 1.95. The van der Waals surface area contributed by atoms with E-state index in [4.69, 9.17) is 10.5 Å². The molecule has 2 N–H and O–H groups in total. The standard InChI is InChI=1S/C15H20N2O2/c1-10(16)7-15(8-19-9-15)12-3-4-13-11(5-12)6-14(18)17(13)2/h3-5,10H,6-9,16H2,1-2H3. The first kappa shape index (κ1) is 12.6. The van der Waals surface area contributed by atoms with Crippen LogP contribution in [0.25, 0.3) is 0 Å². The molecule has 2 aliphatic heterocycles. The third-order valence-electron chi connectivity index (χ3n) is 4.24. The number of rotatable bonds is 3. The van der Waals surface area contributed by atoms with Crippen LogP contribution in [0.5, 0.6) is 0 Å². The minimum atomic E-state index is 0.0490. The van der Waals surface area contributed by atoms with Gasteiger partial charge in [0, 0.05) is 24.2 Å². The van der Waals surface area contributed by atoms with Crippen molar-refractivity contribution in [1.82, 2.24) is 0 Å². The molecule has 19 heavy (non-hydrogen) atoms. The monoisotopic (exact) mass is 260 g/mol. The molecule has 0 bridgehead atoms. The van der Waals surface area contributed by atoms with Crippen LogP contribution >= 0.6 is 0 Å². The van der Waals surface area contributed by atoms with E-state index in [9.17, 15) is 4.79 Å². The molecule has 3 rings (SSSR count). The van der Waals surface area contributed by atoms with Gasteiger partial charge in [-0.3, -0.25) is 4.79 Å². The largest absolute Gasteiger partial charge is 0.379 e. The number of hydrogen-bond acceptors (Lipinski definition) is 3. The van der Waals surface area contributed by atoms with Gasteiger partial charge >= 0.3 is 0 Å². The summed E-state index contributed by atoms with van der Waals surface area (Å²) in [6.07, 6.45) is 1.43. The summed E-state index contributed by atoms with van der Waals surface area (Å²) in [6, 6.07) is 6.50. The Balaban J connectivity index is 1.95. The minimum absolute atomic E-state index is 0.0490. The SMILES string of the molecule is CC(N)CC1(c2ccc3c(c2)CC(=O)N3C)COC1. The fourth-order valence-electron chi connectivity index (χ4n) is 3.17. The molecule has 1 amide bonds. The number of fused-ring (bicyclic) bond motifs is 1. The van der Waals surface area contributed by atoms with Gasteiger partial charge in [0.2, 0.25) is 5.91 Å². The van der Waals surface area contributed by atoms with Crippen LogP contribution < -0.4 is 10.6 Å². The molecule has 1 atom stereocenters. The second kappa shape index (κ2) is 4.32. The number of benzene rings is 1. The van der Waals surface area contributed by atoms with Crippen molar-refractivity contribution in [3.63, 3.8) is 0 Å².